The Morgan fingerprint density at radius 1 is 0.592 bits per heavy atom. The first kappa shape index (κ1) is 55.2. The Hall–Kier alpha value is -5.60. The number of aliphatic hydroxyl groups is 6. The number of hydrogen-bond donors (Lipinski definition) is 11. The van der Waals surface area contributed by atoms with E-state index in [0.29, 0.717) is 33.5 Å². The summed E-state index contributed by atoms with van der Waals surface area (Å²) in [7, 11) is -4.50. The monoisotopic (exact) mass is 1090 g/mol. The molecule has 76 heavy (non-hydrogen) atoms. The van der Waals surface area contributed by atoms with Crippen molar-refractivity contribution >= 4 is 60.9 Å². The molecule has 11 rings (SSSR count). The third-order valence-electron chi connectivity index (χ3n) is 13.2. The molecule has 5 saturated heterocycles. The summed E-state index contributed by atoms with van der Waals surface area (Å²) >= 11 is 0. The molecule has 32 nitrogen and oxygen atoms in total. The molecule has 14 N–H and O–H groups in total. The summed E-state index contributed by atoms with van der Waals surface area (Å²) in [6, 6.07) is 0. The zero-order chi connectivity index (χ0) is 55.1. The average Bonchev–Trinajstić information content (AvgIpc) is 4.30. The molecule has 0 aromatic carbocycles. The molecule has 5 aliphatic rings. The van der Waals surface area contributed by atoms with Crippen molar-refractivity contribution in [1.29, 1.82) is 0 Å². The van der Waals surface area contributed by atoms with E-state index in [2.05, 4.69) is 45.2 Å². The number of fused-ring (bicyclic) bond motifs is 5. The highest BCUT2D eigenvalue weighted by Crippen LogP contribution is 2.46. The summed E-state index contributed by atoms with van der Waals surface area (Å²) in [6.45, 7) is 13.4. The predicted molar refractivity (Wildman–Crippen MR) is 259 cm³/mol. The number of rotatable bonds is 11. The standard InChI is InChI=1S/C16H23N5O4.C15H21N5O5.C12H18N6O7S/c1-5-8-11-12(25-16(3,4)24-11)15(23-8)21-14-9(10(20-21)7(2)22)13(17)18-6-19-14;1-6(22)9-8-12(16)17-5-18-13(8)20(19-9)14-11-10(7(4-21)23-14)24-15(2,3)25-11;1-4(19)7-6-10(13)14-3-15-11(6)18(17-7)12-9(21)8(20)5(25-12)2-16-26(22,23)24/h6-8,11-12,15,22H,5H2,1-4H3,(H2,17,18,19);5-7,10-11,14,21-22H,4H2,1-3H3,(H2,16,17,18);3-5,8-9,12,16,19-21H,2H2,1H3,(H2,13,14,15)(H,22,23,24)/t7?,8-,11-,12-,15-;6?,7-,10-,11-,14-;4?,5-,8-,9-,12-/m111/s1. The molecule has 6 aromatic heterocycles. The molecule has 0 amide bonds. The Labute approximate surface area is 432 Å². The van der Waals surface area contributed by atoms with E-state index >= 15 is 0 Å². The van der Waals surface area contributed by atoms with E-state index in [9.17, 15) is 39.1 Å². The largest absolute Gasteiger partial charge is 0.394 e. The summed E-state index contributed by atoms with van der Waals surface area (Å²) in [4.78, 5) is 24.4. The number of nitrogens with two attached hydrogens (primary N) is 3. The van der Waals surface area contributed by atoms with Gasteiger partial charge in [0.25, 0.3) is 0 Å². The number of nitrogen functional groups attached to an aromatic ring is 3. The van der Waals surface area contributed by atoms with Crippen LogP contribution in [0.4, 0.5) is 17.5 Å². The van der Waals surface area contributed by atoms with Crippen LogP contribution in [-0.2, 0) is 43.5 Å². The third-order valence-corrected chi connectivity index (χ3v) is 13.7. The lowest BCUT2D eigenvalue weighted by Crippen LogP contribution is -2.39. The van der Waals surface area contributed by atoms with Gasteiger partial charge in [-0.25, -0.2) is 43.9 Å². The molecule has 0 radical (unpaired) electrons. The summed E-state index contributed by atoms with van der Waals surface area (Å²) in [6.07, 6.45) is -6.64. The molecule has 5 aliphatic heterocycles. The van der Waals surface area contributed by atoms with Crippen LogP contribution < -0.4 is 21.9 Å². The maximum Gasteiger partial charge on any atom is 0.333 e. The number of aromatic nitrogens is 12. The second-order valence-corrected chi connectivity index (χ2v) is 20.8. The molecule has 6 aromatic rings. The lowest BCUT2D eigenvalue weighted by atomic mass is 10.1. The fraction of sp³-hybridized carbons (Fsp3) is 0.651. The summed E-state index contributed by atoms with van der Waals surface area (Å²) in [5.74, 6) is -0.916. The van der Waals surface area contributed by atoms with Crippen LogP contribution in [0.15, 0.2) is 19.0 Å². The van der Waals surface area contributed by atoms with Crippen LogP contribution in [0.1, 0.15) is 116 Å². The minimum Gasteiger partial charge on any atom is -0.394 e. The van der Waals surface area contributed by atoms with Crippen molar-refractivity contribution in [2.24, 2.45) is 0 Å². The van der Waals surface area contributed by atoms with Crippen LogP contribution >= 0.6 is 0 Å². The van der Waals surface area contributed by atoms with E-state index in [1.54, 1.807) is 37.1 Å². The molecular weight excluding hydrogens is 1030 g/mol. The van der Waals surface area contributed by atoms with Gasteiger partial charge in [-0.05, 0) is 54.9 Å². The SMILES string of the molecule is CC(O)c1nn([C@@H]2O[C@H](CNS(=O)(=O)O)[C@@H](O)[C@H]2O)c2ncnc(N)c12.CC(O)c1nn([C@@H]2O[C@H](CO)[C@H]3OC(C)(C)O[C@H]32)c2ncnc(N)c12.CC[C@H]1O[C@@H](n2nc(C(C)O)c3c(N)ncnc32)[C@@H]2OC(C)(C)O[C@@H]21. The topological polar surface area (TPSA) is 461 Å². The van der Waals surface area contributed by atoms with Gasteiger partial charge in [0.15, 0.2) is 47.2 Å². The number of anilines is 3. The van der Waals surface area contributed by atoms with Crippen molar-refractivity contribution < 1.29 is 76.8 Å². The van der Waals surface area contributed by atoms with Gasteiger partial charge in [0.05, 0.1) is 47.2 Å². The van der Waals surface area contributed by atoms with Crippen molar-refractivity contribution in [2.45, 2.75) is 165 Å². The van der Waals surface area contributed by atoms with Gasteiger partial charge in [-0.2, -0.15) is 28.4 Å². The molecule has 33 heteroatoms. The normalized spacial score (nSPS) is 30.7. The van der Waals surface area contributed by atoms with Gasteiger partial charge in [-0.15, -0.1) is 0 Å². The summed E-state index contributed by atoms with van der Waals surface area (Å²) in [5.41, 5.74) is 19.8. The molecule has 0 saturated carbocycles. The lowest BCUT2D eigenvalue weighted by molar-refractivity contribution is -0.201. The molecule has 0 bridgehead atoms. The van der Waals surface area contributed by atoms with Gasteiger partial charge < -0.3 is 81.0 Å². The number of nitrogens with one attached hydrogen (secondary N) is 1. The van der Waals surface area contributed by atoms with Gasteiger partial charge in [-0.1, -0.05) is 6.92 Å². The van der Waals surface area contributed by atoms with E-state index < -0.39 is 102 Å². The highest BCUT2D eigenvalue weighted by Gasteiger charge is 2.58. The van der Waals surface area contributed by atoms with Crippen LogP contribution in [0.3, 0.4) is 0 Å². The number of aliphatic hydroxyl groups excluding tert-OH is 6. The molecule has 0 spiro atoms. The number of hydrogen-bond acceptors (Lipinski definition) is 27. The first-order chi connectivity index (χ1) is 35.7. The maximum atomic E-state index is 10.8. The Bertz CT molecular complexity index is 3060. The van der Waals surface area contributed by atoms with Crippen molar-refractivity contribution in [3.63, 3.8) is 0 Å². The first-order valence-corrected chi connectivity index (χ1v) is 25.5. The molecule has 416 valence electrons. The Balaban J connectivity index is 0.000000139. The van der Waals surface area contributed by atoms with Gasteiger partial charge in [0, 0.05) is 6.54 Å². The third kappa shape index (κ3) is 10.2. The Morgan fingerprint density at radius 2 is 0.947 bits per heavy atom. The Kier molecular flexibility index (Phi) is 15.0. The van der Waals surface area contributed by atoms with Crippen LogP contribution in [0.5, 0.6) is 0 Å². The fourth-order valence-electron chi connectivity index (χ4n) is 9.95. The summed E-state index contributed by atoms with van der Waals surface area (Å²) in [5, 5.41) is 74.4. The van der Waals surface area contributed by atoms with Crippen LogP contribution in [0.2, 0.25) is 0 Å². The quantitative estimate of drug-likeness (QED) is 0.0667. The minimum absolute atomic E-state index is 0.0646. The van der Waals surface area contributed by atoms with Gasteiger partial charge in [0.1, 0.15) is 102 Å². The predicted octanol–water partition coefficient (Wildman–Crippen LogP) is -1.37. The van der Waals surface area contributed by atoms with Crippen molar-refractivity contribution in [3.8, 4) is 0 Å². The summed E-state index contributed by atoms with van der Waals surface area (Å²) < 4.78 is 77.9. The molecular formula is C43H62N16O16S. The van der Waals surface area contributed by atoms with Crippen LogP contribution in [0.25, 0.3) is 33.1 Å². The molecule has 11 heterocycles. The second-order valence-electron chi connectivity index (χ2n) is 19.6. The number of ether oxygens (including phenoxy) is 7. The van der Waals surface area contributed by atoms with Crippen molar-refractivity contribution in [2.75, 3.05) is 30.4 Å². The lowest BCUT2D eigenvalue weighted by Gasteiger charge is -2.24. The number of nitrogens with zero attached hydrogens (tertiary/aromatic N) is 12. The van der Waals surface area contributed by atoms with Gasteiger partial charge >= 0.3 is 10.3 Å². The minimum atomic E-state index is -4.50. The highest BCUT2D eigenvalue weighted by molar-refractivity contribution is 7.83. The molecule has 3 unspecified atom stereocenters. The van der Waals surface area contributed by atoms with E-state index in [4.69, 9.17) is 54.9 Å². The van der Waals surface area contributed by atoms with Crippen LogP contribution in [-0.4, -0.2) is 183 Å². The fourth-order valence-corrected chi connectivity index (χ4v) is 10.3. The Morgan fingerprint density at radius 3 is 1.32 bits per heavy atom. The highest BCUT2D eigenvalue weighted by atomic mass is 32.2. The van der Waals surface area contributed by atoms with Crippen molar-refractivity contribution in [3.05, 3.63) is 36.1 Å². The van der Waals surface area contributed by atoms with Gasteiger partial charge in [-0.3, -0.25) is 4.55 Å². The van der Waals surface area contributed by atoms with E-state index in [1.165, 1.54) is 24.3 Å². The van der Waals surface area contributed by atoms with Crippen molar-refractivity contribution in [1.82, 2.24) is 64.0 Å². The van der Waals surface area contributed by atoms with E-state index in [-0.39, 0.29) is 59.1 Å². The second kappa shape index (κ2) is 20.6. The smallest absolute Gasteiger partial charge is 0.333 e. The van der Waals surface area contributed by atoms with Gasteiger partial charge in [0.2, 0.25) is 0 Å². The molecule has 5 fully saturated rings. The van der Waals surface area contributed by atoms with E-state index in [0.717, 1.165) is 17.4 Å². The zero-order valence-corrected chi connectivity index (χ0v) is 43.1. The first-order valence-electron chi connectivity index (χ1n) is 24.1. The van der Waals surface area contributed by atoms with E-state index in [1.807, 2.05) is 20.8 Å². The van der Waals surface area contributed by atoms with Crippen LogP contribution in [0, 0.1) is 0 Å². The zero-order valence-electron chi connectivity index (χ0n) is 42.3. The average molecular weight is 1090 g/mol. The molecule has 0 aliphatic carbocycles. The maximum absolute atomic E-state index is 10.8. The molecule has 15 atom stereocenters.